The van der Waals surface area contributed by atoms with Crippen molar-refractivity contribution >= 4 is 17.5 Å². The molecule has 0 N–H and O–H groups in total. The number of carbonyl (C=O) groups excluding carboxylic acids is 1. The van der Waals surface area contributed by atoms with E-state index in [0.717, 1.165) is 16.7 Å². The van der Waals surface area contributed by atoms with Gasteiger partial charge in [0.25, 0.3) is 0 Å². The summed E-state index contributed by atoms with van der Waals surface area (Å²) < 4.78 is 5.83. The number of carbonyl (C=O) groups is 1. The topological polar surface area (TPSA) is 72.1 Å². The zero-order valence-electron chi connectivity index (χ0n) is 16.8. The molecule has 156 valence electrons. The van der Waals surface area contributed by atoms with Crippen LogP contribution < -0.4 is 0 Å². The van der Waals surface area contributed by atoms with Crippen molar-refractivity contribution in [3.05, 3.63) is 102 Å². The summed E-state index contributed by atoms with van der Waals surface area (Å²) in [7, 11) is 0. The summed E-state index contributed by atoms with van der Waals surface area (Å²) >= 11 is 6.23. The lowest BCUT2D eigenvalue weighted by Crippen LogP contribution is -2.30. The molecule has 4 rings (SSSR count). The number of oxazole rings is 1. The van der Waals surface area contributed by atoms with E-state index >= 15 is 0 Å². The Kier molecular flexibility index (Phi) is 6.69. The van der Waals surface area contributed by atoms with Gasteiger partial charge in [-0.1, -0.05) is 29.8 Å². The number of amides is 1. The van der Waals surface area contributed by atoms with Gasteiger partial charge in [-0.15, -0.1) is 0 Å². The van der Waals surface area contributed by atoms with Gasteiger partial charge < -0.3 is 9.32 Å². The van der Waals surface area contributed by atoms with Crippen molar-refractivity contribution < 1.29 is 9.21 Å². The average molecular weight is 433 g/mol. The second-order valence-electron chi connectivity index (χ2n) is 7.06. The van der Waals surface area contributed by atoms with Crippen molar-refractivity contribution in [1.29, 1.82) is 0 Å². The molecule has 4 aromatic rings. The molecule has 0 aliphatic heterocycles. The third-order valence-electron chi connectivity index (χ3n) is 4.82. The number of benzene rings is 1. The molecule has 6 nitrogen and oxygen atoms in total. The minimum Gasteiger partial charge on any atom is -0.441 e. The van der Waals surface area contributed by atoms with Crippen LogP contribution in [0.25, 0.3) is 11.3 Å². The van der Waals surface area contributed by atoms with Gasteiger partial charge in [0.05, 0.1) is 11.2 Å². The number of aromatic nitrogens is 3. The van der Waals surface area contributed by atoms with Crippen molar-refractivity contribution in [1.82, 2.24) is 19.9 Å². The molecular formula is C24H21ClN4O2. The van der Waals surface area contributed by atoms with Crippen molar-refractivity contribution in [3.8, 4) is 11.3 Å². The standard InChI is InChI=1S/C24H21ClN4O2/c25-21-6-2-1-5-20(21)22-15-28-23(31-22)7-8-24(30)29(16-18-9-12-26-13-10-18)17-19-4-3-11-27-14-19/h1-6,9-15H,7-8,16-17H2. The van der Waals surface area contributed by atoms with Crippen LogP contribution >= 0.6 is 11.6 Å². The Morgan fingerprint density at radius 1 is 0.903 bits per heavy atom. The number of hydrogen-bond donors (Lipinski definition) is 0. The minimum atomic E-state index is 0.0122. The Balaban J connectivity index is 1.44. The predicted octanol–water partition coefficient (Wildman–Crippen LogP) is 4.95. The Labute approximate surface area is 185 Å². The largest absolute Gasteiger partial charge is 0.441 e. The van der Waals surface area contributed by atoms with Crippen LogP contribution in [0, 0.1) is 0 Å². The van der Waals surface area contributed by atoms with Gasteiger partial charge in [-0.3, -0.25) is 14.8 Å². The second kappa shape index (κ2) is 10.00. The van der Waals surface area contributed by atoms with Crippen molar-refractivity contribution in [2.24, 2.45) is 0 Å². The van der Waals surface area contributed by atoms with E-state index < -0.39 is 0 Å². The summed E-state index contributed by atoms with van der Waals surface area (Å²) in [5.74, 6) is 1.11. The molecule has 0 fully saturated rings. The van der Waals surface area contributed by atoms with E-state index in [0.29, 0.717) is 36.2 Å². The summed E-state index contributed by atoms with van der Waals surface area (Å²) in [5.41, 5.74) is 2.77. The quantitative estimate of drug-likeness (QED) is 0.394. The first-order valence-electron chi connectivity index (χ1n) is 9.94. The lowest BCUT2D eigenvalue weighted by molar-refractivity contribution is -0.132. The summed E-state index contributed by atoms with van der Waals surface area (Å²) in [6.07, 6.45) is 9.28. The van der Waals surface area contributed by atoms with Crippen LogP contribution in [-0.4, -0.2) is 25.8 Å². The molecule has 1 amide bonds. The SMILES string of the molecule is O=C(CCc1ncc(-c2ccccc2Cl)o1)N(Cc1ccncc1)Cc1cccnc1. The third-order valence-corrected chi connectivity index (χ3v) is 5.15. The summed E-state index contributed by atoms with van der Waals surface area (Å²) in [4.78, 5) is 27.4. The normalized spacial score (nSPS) is 10.7. The van der Waals surface area contributed by atoms with Gasteiger partial charge in [0.2, 0.25) is 5.91 Å². The number of pyridine rings is 2. The zero-order valence-corrected chi connectivity index (χ0v) is 17.6. The Morgan fingerprint density at radius 3 is 2.48 bits per heavy atom. The number of nitrogens with zero attached hydrogens (tertiary/aromatic N) is 4. The van der Waals surface area contributed by atoms with E-state index in [1.165, 1.54) is 0 Å². The first kappa shape index (κ1) is 20.8. The lowest BCUT2D eigenvalue weighted by Gasteiger charge is -2.23. The molecular weight excluding hydrogens is 412 g/mol. The van der Waals surface area contributed by atoms with E-state index in [2.05, 4.69) is 15.0 Å². The third kappa shape index (κ3) is 5.55. The van der Waals surface area contributed by atoms with Crippen LogP contribution in [0.15, 0.2) is 83.9 Å². The van der Waals surface area contributed by atoms with E-state index in [4.69, 9.17) is 16.0 Å². The maximum Gasteiger partial charge on any atom is 0.223 e. The summed E-state index contributed by atoms with van der Waals surface area (Å²) in [5, 5.41) is 0.598. The number of rotatable bonds is 8. The molecule has 3 aromatic heterocycles. The van der Waals surface area contributed by atoms with E-state index in [9.17, 15) is 4.79 Å². The van der Waals surface area contributed by atoms with Gasteiger partial charge in [-0.2, -0.15) is 0 Å². The number of halogens is 1. The molecule has 0 aliphatic rings. The Hall–Kier alpha value is -3.51. The van der Waals surface area contributed by atoms with Crippen molar-refractivity contribution in [2.75, 3.05) is 0 Å². The van der Waals surface area contributed by atoms with Gasteiger partial charge in [0, 0.05) is 56.3 Å². The van der Waals surface area contributed by atoms with E-state index in [-0.39, 0.29) is 12.3 Å². The monoisotopic (exact) mass is 432 g/mol. The van der Waals surface area contributed by atoms with Crippen LogP contribution in [0.4, 0.5) is 0 Å². The zero-order chi connectivity index (χ0) is 21.5. The summed E-state index contributed by atoms with van der Waals surface area (Å²) in [6, 6.07) is 15.1. The molecule has 7 heteroatoms. The lowest BCUT2D eigenvalue weighted by atomic mass is 10.2. The molecule has 0 saturated heterocycles. The van der Waals surface area contributed by atoms with Gasteiger partial charge in [-0.25, -0.2) is 4.98 Å². The second-order valence-corrected chi connectivity index (χ2v) is 7.47. The number of aryl methyl sites for hydroxylation is 1. The molecule has 0 atom stereocenters. The van der Waals surface area contributed by atoms with Gasteiger partial charge >= 0.3 is 0 Å². The molecule has 1 aromatic carbocycles. The number of hydrogen-bond acceptors (Lipinski definition) is 5. The summed E-state index contributed by atoms with van der Waals surface area (Å²) in [6.45, 7) is 0.970. The molecule has 0 saturated carbocycles. The first-order valence-corrected chi connectivity index (χ1v) is 10.3. The highest BCUT2D eigenvalue weighted by Gasteiger charge is 2.17. The molecule has 0 spiro atoms. The van der Waals surface area contributed by atoms with Gasteiger partial charge in [-0.05, 0) is 41.5 Å². The van der Waals surface area contributed by atoms with Crippen LogP contribution in [0.5, 0.6) is 0 Å². The van der Waals surface area contributed by atoms with Crippen LogP contribution in [0.3, 0.4) is 0 Å². The fourth-order valence-electron chi connectivity index (χ4n) is 3.24. The molecule has 0 aliphatic carbocycles. The van der Waals surface area contributed by atoms with Crippen molar-refractivity contribution in [3.63, 3.8) is 0 Å². The highest BCUT2D eigenvalue weighted by Crippen LogP contribution is 2.28. The molecule has 0 unspecified atom stereocenters. The Morgan fingerprint density at radius 2 is 1.71 bits per heavy atom. The first-order chi connectivity index (χ1) is 15.2. The molecule has 31 heavy (non-hydrogen) atoms. The maximum atomic E-state index is 13.1. The van der Waals surface area contributed by atoms with Crippen LogP contribution in [0.2, 0.25) is 5.02 Å². The highest BCUT2D eigenvalue weighted by atomic mass is 35.5. The van der Waals surface area contributed by atoms with E-state index in [1.54, 1.807) is 37.1 Å². The smallest absolute Gasteiger partial charge is 0.223 e. The fraction of sp³-hybridized carbons (Fsp3) is 0.167. The van der Waals surface area contributed by atoms with Crippen molar-refractivity contribution in [2.45, 2.75) is 25.9 Å². The van der Waals surface area contributed by atoms with Crippen LogP contribution in [0.1, 0.15) is 23.4 Å². The predicted molar refractivity (Wildman–Crippen MR) is 118 cm³/mol. The maximum absolute atomic E-state index is 13.1. The molecule has 0 bridgehead atoms. The Bertz CT molecular complexity index is 1090. The molecule has 0 radical (unpaired) electrons. The highest BCUT2D eigenvalue weighted by molar-refractivity contribution is 6.33. The minimum absolute atomic E-state index is 0.0122. The van der Waals surface area contributed by atoms with Crippen LogP contribution in [-0.2, 0) is 24.3 Å². The van der Waals surface area contributed by atoms with Gasteiger partial charge in [0.15, 0.2) is 11.7 Å². The average Bonchev–Trinajstić information content (AvgIpc) is 3.27. The van der Waals surface area contributed by atoms with Gasteiger partial charge in [0.1, 0.15) is 0 Å². The molecule has 3 heterocycles. The fourth-order valence-corrected chi connectivity index (χ4v) is 3.47. The van der Waals surface area contributed by atoms with E-state index in [1.807, 2.05) is 47.4 Å².